The normalized spacial score (nSPS) is 16.1. The van der Waals surface area contributed by atoms with Gasteiger partial charge in [-0.1, -0.05) is 18.2 Å². The van der Waals surface area contributed by atoms with E-state index in [1.165, 1.54) is 23.9 Å². The molecule has 3 nitrogen and oxygen atoms in total. The van der Waals surface area contributed by atoms with Crippen LogP contribution in [0.2, 0.25) is 0 Å². The van der Waals surface area contributed by atoms with E-state index >= 15 is 0 Å². The predicted octanol–water partition coefficient (Wildman–Crippen LogP) is 2.23. The largest absolute Gasteiger partial charge is 0.370 e. The highest BCUT2D eigenvalue weighted by Crippen LogP contribution is 2.26. The van der Waals surface area contributed by atoms with Gasteiger partial charge in [-0.3, -0.25) is 0 Å². The Morgan fingerprint density at radius 2 is 1.87 bits per heavy atom. The molecule has 3 heteroatoms. The molecule has 3 rings (SSSR count). The van der Waals surface area contributed by atoms with E-state index in [1.54, 1.807) is 0 Å². The molecule has 0 saturated carbocycles. The van der Waals surface area contributed by atoms with Crippen molar-refractivity contribution >= 4 is 16.6 Å². The zero-order chi connectivity index (χ0) is 10.1. The van der Waals surface area contributed by atoms with Crippen LogP contribution in [0.5, 0.6) is 0 Å². The van der Waals surface area contributed by atoms with E-state index in [0.29, 0.717) is 0 Å². The van der Waals surface area contributed by atoms with Crippen molar-refractivity contribution in [2.24, 2.45) is 0 Å². The maximum Gasteiger partial charge on any atom is 0.0950 e. The van der Waals surface area contributed by atoms with Gasteiger partial charge in [-0.05, 0) is 18.9 Å². The molecule has 15 heavy (non-hydrogen) atoms. The molecule has 1 aliphatic heterocycles. The lowest BCUT2D eigenvalue weighted by atomic mass is 10.2. The molecule has 0 amide bonds. The van der Waals surface area contributed by atoms with E-state index in [1.807, 2.05) is 18.3 Å². The molecule has 2 heterocycles. The van der Waals surface area contributed by atoms with Crippen molar-refractivity contribution in [2.45, 2.75) is 12.8 Å². The Hall–Kier alpha value is -1.64. The van der Waals surface area contributed by atoms with Crippen LogP contribution in [0.4, 0.5) is 5.69 Å². The number of hydrogen-bond donors (Lipinski definition) is 0. The maximum absolute atomic E-state index is 4.14. The highest BCUT2D eigenvalue weighted by atomic mass is 15.2. The van der Waals surface area contributed by atoms with Crippen molar-refractivity contribution in [3.63, 3.8) is 0 Å². The SMILES string of the molecule is c1ccc2c(N3CCCC3)cnnc2c1. The molecule has 0 aliphatic carbocycles. The maximum atomic E-state index is 4.14. The van der Waals surface area contributed by atoms with Crippen molar-refractivity contribution in [1.29, 1.82) is 0 Å². The molecule has 1 saturated heterocycles. The van der Waals surface area contributed by atoms with E-state index in [0.717, 1.165) is 18.6 Å². The van der Waals surface area contributed by atoms with Gasteiger partial charge in [-0.15, -0.1) is 0 Å². The van der Waals surface area contributed by atoms with Gasteiger partial charge in [0, 0.05) is 18.5 Å². The molecule has 1 aromatic carbocycles. The van der Waals surface area contributed by atoms with Crippen LogP contribution in [0, 0.1) is 0 Å². The number of hydrogen-bond acceptors (Lipinski definition) is 3. The van der Waals surface area contributed by atoms with Gasteiger partial charge in [0.15, 0.2) is 0 Å². The number of rotatable bonds is 1. The highest BCUT2D eigenvalue weighted by molar-refractivity contribution is 5.90. The van der Waals surface area contributed by atoms with E-state index in [2.05, 4.69) is 27.2 Å². The van der Waals surface area contributed by atoms with Crippen molar-refractivity contribution in [1.82, 2.24) is 10.2 Å². The summed E-state index contributed by atoms with van der Waals surface area (Å²) in [5, 5.41) is 9.42. The average Bonchev–Trinajstić information content (AvgIpc) is 2.82. The van der Waals surface area contributed by atoms with Gasteiger partial charge in [0.25, 0.3) is 0 Å². The minimum Gasteiger partial charge on any atom is -0.370 e. The smallest absolute Gasteiger partial charge is 0.0950 e. The van der Waals surface area contributed by atoms with E-state index < -0.39 is 0 Å². The van der Waals surface area contributed by atoms with Crippen molar-refractivity contribution in [3.8, 4) is 0 Å². The third-order valence-corrected chi connectivity index (χ3v) is 2.97. The van der Waals surface area contributed by atoms with Crippen LogP contribution in [-0.2, 0) is 0 Å². The fourth-order valence-corrected chi connectivity index (χ4v) is 2.20. The molecule has 76 valence electrons. The Bertz CT molecular complexity index is 470. The summed E-state index contributed by atoms with van der Waals surface area (Å²) in [6.07, 6.45) is 4.46. The van der Waals surface area contributed by atoms with Crippen molar-refractivity contribution in [2.75, 3.05) is 18.0 Å². The van der Waals surface area contributed by atoms with E-state index in [9.17, 15) is 0 Å². The Morgan fingerprint density at radius 3 is 2.73 bits per heavy atom. The third kappa shape index (κ3) is 1.44. The number of benzene rings is 1. The molecule has 1 fully saturated rings. The van der Waals surface area contributed by atoms with E-state index in [4.69, 9.17) is 0 Å². The zero-order valence-electron chi connectivity index (χ0n) is 8.56. The lowest BCUT2D eigenvalue weighted by Crippen LogP contribution is -2.18. The van der Waals surface area contributed by atoms with Gasteiger partial charge < -0.3 is 4.90 Å². The van der Waals surface area contributed by atoms with Crippen LogP contribution in [0.3, 0.4) is 0 Å². The van der Waals surface area contributed by atoms with Crippen LogP contribution in [0.1, 0.15) is 12.8 Å². The quantitative estimate of drug-likeness (QED) is 0.705. The monoisotopic (exact) mass is 199 g/mol. The second-order valence-electron chi connectivity index (χ2n) is 3.94. The zero-order valence-corrected chi connectivity index (χ0v) is 8.56. The van der Waals surface area contributed by atoms with Crippen LogP contribution < -0.4 is 4.90 Å². The van der Waals surface area contributed by atoms with E-state index in [-0.39, 0.29) is 0 Å². The molecule has 0 spiro atoms. The van der Waals surface area contributed by atoms with Gasteiger partial charge in [0.2, 0.25) is 0 Å². The average molecular weight is 199 g/mol. The molecule has 0 bridgehead atoms. The minimum absolute atomic E-state index is 0.988. The molecule has 1 aliphatic rings. The highest BCUT2D eigenvalue weighted by Gasteiger charge is 2.14. The second kappa shape index (κ2) is 3.50. The minimum atomic E-state index is 0.988. The first-order valence-corrected chi connectivity index (χ1v) is 5.40. The fourth-order valence-electron chi connectivity index (χ4n) is 2.20. The summed E-state index contributed by atoms with van der Waals surface area (Å²) in [6.45, 7) is 2.30. The Labute approximate surface area is 88.7 Å². The molecule has 0 radical (unpaired) electrons. The van der Waals surface area contributed by atoms with Crippen molar-refractivity contribution < 1.29 is 0 Å². The summed E-state index contributed by atoms with van der Waals surface area (Å²) in [4.78, 5) is 2.40. The number of fused-ring (bicyclic) bond motifs is 1. The predicted molar refractivity (Wildman–Crippen MR) is 61.0 cm³/mol. The number of aromatic nitrogens is 2. The lowest BCUT2D eigenvalue weighted by molar-refractivity contribution is 0.949. The topological polar surface area (TPSA) is 29.0 Å². The summed E-state index contributed by atoms with van der Waals surface area (Å²) in [5.74, 6) is 0. The first-order valence-electron chi connectivity index (χ1n) is 5.40. The van der Waals surface area contributed by atoms with Gasteiger partial charge >= 0.3 is 0 Å². The Balaban J connectivity index is 2.16. The fraction of sp³-hybridized carbons (Fsp3) is 0.333. The summed E-state index contributed by atoms with van der Waals surface area (Å²) in [5.41, 5.74) is 2.22. The van der Waals surface area contributed by atoms with Gasteiger partial charge in [0.1, 0.15) is 0 Å². The third-order valence-electron chi connectivity index (χ3n) is 2.97. The number of anilines is 1. The summed E-state index contributed by atoms with van der Waals surface area (Å²) in [7, 11) is 0. The summed E-state index contributed by atoms with van der Waals surface area (Å²) in [6, 6.07) is 8.20. The molecular formula is C12H13N3. The summed E-state index contributed by atoms with van der Waals surface area (Å²) < 4.78 is 0. The Kier molecular flexibility index (Phi) is 2.02. The summed E-state index contributed by atoms with van der Waals surface area (Å²) >= 11 is 0. The molecule has 0 unspecified atom stereocenters. The van der Waals surface area contributed by atoms with Crippen LogP contribution in [-0.4, -0.2) is 23.3 Å². The first-order chi connectivity index (χ1) is 7.45. The van der Waals surface area contributed by atoms with Crippen LogP contribution in [0.15, 0.2) is 30.5 Å². The molecule has 0 N–H and O–H groups in total. The van der Waals surface area contributed by atoms with Gasteiger partial charge in [-0.2, -0.15) is 10.2 Å². The van der Waals surface area contributed by atoms with Gasteiger partial charge in [-0.25, -0.2) is 0 Å². The molecule has 0 atom stereocenters. The van der Waals surface area contributed by atoms with Crippen LogP contribution in [0.25, 0.3) is 10.9 Å². The molecule has 2 aromatic rings. The molecular weight excluding hydrogens is 186 g/mol. The van der Waals surface area contributed by atoms with Crippen LogP contribution >= 0.6 is 0 Å². The first kappa shape index (κ1) is 8.65. The molecule has 1 aromatic heterocycles. The van der Waals surface area contributed by atoms with Gasteiger partial charge in [0.05, 0.1) is 17.4 Å². The standard InChI is InChI=1S/C12H13N3/c1-2-6-11-10(5-1)12(9-13-14-11)15-7-3-4-8-15/h1-2,5-6,9H,3-4,7-8H2. The second-order valence-corrected chi connectivity index (χ2v) is 3.94. The lowest BCUT2D eigenvalue weighted by Gasteiger charge is -2.18. The Morgan fingerprint density at radius 1 is 1.07 bits per heavy atom. The van der Waals surface area contributed by atoms with Crippen molar-refractivity contribution in [3.05, 3.63) is 30.5 Å². The number of nitrogens with zero attached hydrogens (tertiary/aromatic N) is 3.